The molecule has 1 aliphatic rings. The molecule has 0 bridgehead atoms. The molecule has 0 radical (unpaired) electrons. The minimum Gasteiger partial charge on any atom is -0.497 e. The smallest absolute Gasteiger partial charge is 0.240 e. The zero-order valence-corrected chi connectivity index (χ0v) is 26.6. The highest BCUT2D eigenvalue weighted by atomic mass is 32.2. The van der Waals surface area contributed by atoms with Gasteiger partial charge in [-0.1, -0.05) is 26.8 Å². The minimum atomic E-state index is -0.408. The van der Waals surface area contributed by atoms with Gasteiger partial charge in [0, 0.05) is 35.5 Å². The molecule has 0 aliphatic carbocycles. The molecule has 0 spiro atoms. The number of ether oxygens (including phenoxy) is 3. The Bertz CT molecular complexity index is 1630. The molecule has 2 aromatic carbocycles. The molecule has 2 aromatic heterocycles. The predicted octanol–water partition coefficient (Wildman–Crippen LogP) is 5.08. The van der Waals surface area contributed by atoms with E-state index in [0.29, 0.717) is 29.6 Å². The lowest BCUT2D eigenvalue weighted by molar-refractivity contribution is -0.123. The van der Waals surface area contributed by atoms with Gasteiger partial charge in [0.05, 0.1) is 43.7 Å². The van der Waals surface area contributed by atoms with Crippen LogP contribution in [0.25, 0.3) is 5.69 Å². The van der Waals surface area contributed by atoms with Crippen molar-refractivity contribution in [3.05, 3.63) is 89.4 Å². The Hall–Kier alpha value is -4.51. The maximum atomic E-state index is 14.0. The lowest BCUT2D eigenvalue weighted by Crippen LogP contribution is -2.42. The first-order valence-corrected chi connectivity index (χ1v) is 15.3. The average Bonchev–Trinajstić information content (AvgIpc) is 3.38. The average molecular weight is 616 g/mol. The standard InChI is InChI=1S/C33H37N5O5S/c1-33(2,3)31-29-30(25-16-24(42-5)13-14-26(25)43-6)44-20-28(40)37(19-27(39)35-18-21-8-7-15-34-17-21)32(29)38(36-31)22-9-11-23(41-4)12-10-22/h7-17,30H,18-20H2,1-6H3,(H,35,39)/t30-/m0/s1. The van der Waals surface area contributed by atoms with E-state index < -0.39 is 5.41 Å². The van der Waals surface area contributed by atoms with Crippen molar-refractivity contribution in [2.24, 2.45) is 0 Å². The van der Waals surface area contributed by atoms with E-state index >= 15 is 0 Å². The van der Waals surface area contributed by atoms with Crippen LogP contribution in [-0.4, -0.2) is 60.2 Å². The zero-order chi connectivity index (χ0) is 31.4. The largest absolute Gasteiger partial charge is 0.497 e. The number of benzene rings is 2. The van der Waals surface area contributed by atoms with Crippen molar-refractivity contribution in [2.45, 2.75) is 38.0 Å². The van der Waals surface area contributed by atoms with Crippen molar-refractivity contribution in [1.82, 2.24) is 20.1 Å². The number of fused-ring (bicyclic) bond motifs is 1. The van der Waals surface area contributed by atoms with Crippen LogP contribution >= 0.6 is 11.8 Å². The summed E-state index contributed by atoms with van der Waals surface area (Å²) in [6, 6.07) is 16.8. The first kappa shape index (κ1) is 30.9. The highest BCUT2D eigenvalue weighted by Gasteiger charge is 2.41. The van der Waals surface area contributed by atoms with Crippen LogP contribution in [0.15, 0.2) is 67.0 Å². The Labute approximate surface area is 261 Å². The molecule has 1 aliphatic heterocycles. The summed E-state index contributed by atoms with van der Waals surface area (Å²) in [6.45, 7) is 6.40. The van der Waals surface area contributed by atoms with Gasteiger partial charge in [0.25, 0.3) is 0 Å². The molecule has 1 N–H and O–H groups in total. The third-order valence-corrected chi connectivity index (χ3v) is 8.59. The number of thioether (sulfide) groups is 1. The maximum absolute atomic E-state index is 14.0. The Balaban J connectivity index is 1.69. The molecule has 4 aromatic rings. The van der Waals surface area contributed by atoms with Crippen LogP contribution in [0.3, 0.4) is 0 Å². The molecule has 0 saturated carbocycles. The maximum Gasteiger partial charge on any atom is 0.240 e. The molecule has 3 heterocycles. The van der Waals surface area contributed by atoms with E-state index in [1.165, 1.54) is 11.8 Å². The summed E-state index contributed by atoms with van der Waals surface area (Å²) < 4.78 is 18.6. The van der Waals surface area contributed by atoms with Crippen LogP contribution in [-0.2, 0) is 21.5 Å². The van der Waals surface area contributed by atoms with Crippen LogP contribution in [0.4, 0.5) is 5.82 Å². The SMILES string of the molecule is COc1ccc(-n2nc(C(C)(C)C)c3c2N(CC(=O)NCc2cccnc2)C(=O)CS[C@H]3c2cc(OC)ccc2OC)cc1. The summed E-state index contributed by atoms with van der Waals surface area (Å²) in [5.74, 6) is 2.22. The summed E-state index contributed by atoms with van der Waals surface area (Å²) >= 11 is 1.48. The summed E-state index contributed by atoms with van der Waals surface area (Å²) in [7, 11) is 4.86. The fourth-order valence-corrected chi connectivity index (χ4v) is 6.38. The lowest BCUT2D eigenvalue weighted by atomic mass is 9.87. The van der Waals surface area contributed by atoms with Crippen LogP contribution in [0.2, 0.25) is 0 Å². The molecule has 10 nitrogen and oxygen atoms in total. The molecular formula is C33H37N5O5S. The second-order valence-corrected chi connectivity index (χ2v) is 12.5. The second kappa shape index (κ2) is 13.0. The monoisotopic (exact) mass is 615 g/mol. The molecular weight excluding hydrogens is 578 g/mol. The van der Waals surface area contributed by atoms with Gasteiger partial charge in [0.1, 0.15) is 29.6 Å². The third kappa shape index (κ3) is 6.37. The molecule has 1 atom stereocenters. The van der Waals surface area contributed by atoms with Gasteiger partial charge in [-0.25, -0.2) is 4.68 Å². The Morgan fingerprint density at radius 3 is 2.39 bits per heavy atom. The first-order chi connectivity index (χ1) is 21.1. The number of carbonyl (C=O) groups is 2. The van der Waals surface area contributed by atoms with Gasteiger partial charge in [-0.05, 0) is 54.1 Å². The van der Waals surface area contributed by atoms with Crippen LogP contribution in [0, 0.1) is 0 Å². The Morgan fingerprint density at radius 1 is 1.02 bits per heavy atom. The number of methoxy groups -OCH3 is 3. The van der Waals surface area contributed by atoms with E-state index in [-0.39, 0.29) is 29.4 Å². The highest BCUT2D eigenvalue weighted by molar-refractivity contribution is 8.00. The van der Waals surface area contributed by atoms with Gasteiger partial charge in [0.2, 0.25) is 11.8 Å². The van der Waals surface area contributed by atoms with Crippen molar-refractivity contribution in [1.29, 1.82) is 0 Å². The summed E-state index contributed by atoms with van der Waals surface area (Å²) in [5, 5.41) is 7.75. The quantitative estimate of drug-likeness (QED) is 0.278. The summed E-state index contributed by atoms with van der Waals surface area (Å²) in [4.78, 5) is 33.1. The molecule has 0 unspecified atom stereocenters. The number of carbonyl (C=O) groups excluding carboxylic acids is 2. The number of pyridine rings is 1. The number of hydrogen-bond donors (Lipinski definition) is 1. The van der Waals surface area contributed by atoms with Crippen molar-refractivity contribution in [3.8, 4) is 22.9 Å². The second-order valence-electron chi connectivity index (χ2n) is 11.4. The minimum absolute atomic E-state index is 0.141. The van der Waals surface area contributed by atoms with Gasteiger partial charge >= 0.3 is 0 Å². The van der Waals surface area contributed by atoms with Crippen molar-refractivity contribution in [3.63, 3.8) is 0 Å². The molecule has 2 amide bonds. The fourth-order valence-electron chi connectivity index (χ4n) is 5.17. The lowest BCUT2D eigenvalue weighted by Gasteiger charge is -2.25. The van der Waals surface area contributed by atoms with E-state index in [1.807, 2.05) is 54.6 Å². The third-order valence-electron chi connectivity index (χ3n) is 7.35. The highest BCUT2D eigenvalue weighted by Crippen LogP contribution is 2.51. The van der Waals surface area contributed by atoms with Crippen molar-refractivity contribution in [2.75, 3.05) is 38.5 Å². The van der Waals surface area contributed by atoms with E-state index in [4.69, 9.17) is 19.3 Å². The normalized spacial score (nSPS) is 14.9. The van der Waals surface area contributed by atoms with Gasteiger partial charge < -0.3 is 19.5 Å². The molecule has 5 rings (SSSR count). The first-order valence-electron chi connectivity index (χ1n) is 14.2. The molecule has 230 valence electrons. The zero-order valence-electron chi connectivity index (χ0n) is 25.8. The summed E-state index contributed by atoms with van der Waals surface area (Å²) in [5.41, 5.74) is 3.69. The number of aromatic nitrogens is 3. The fraction of sp³-hybridized carbons (Fsp3) is 0.333. The summed E-state index contributed by atoms with van der Waals surface area (Å²) in [6.07, 6.45) is 3.38. The van der Waals surface area contributed by atoms with Crippen molar-refractivity contribution >= 4 is 29.4 Å². The number of nitrogens with zero attached hydrogens (tertiary/aromatic N) is 4. The van der Waals surface area contributed by atoms with Crippen LogP contribution in [0.1, 0.15) is 48.4 Å². The number of rotatable bonds is 9. The number of anilines is 1. The van der Waals surface area contributed by atoms with Gasteiger partial charge in [-0.15, -0.1) is 11.8 Å². The number of nitrogens with one attached hydrogen (secondary N) is 1. The Kier molecular flexibility index (Phi) is 9.14. The molecule has 11 heteroatoms. The van der Waals surface area contributed by atoms with Crippen LogP contribution < -0.4 is 24.4 Å². The molecule has 44 heavy (non-hydrogen) atoms. The Morgan fingerprint density at radius 2 is 1.75 bits per heavy atom. The van der Waals surface area contributed by atoms with Gasteiger partial charge in [-0.3, -0.25) is 19.5 Å². The number of hydrogen-bond acceptors (Lipinski definition) is 8. The van der Waals surface area contributed by atoms with Gasteiger partial charge in [-0.2, -0.15) is 5.10 Å². The molecule has 0 saturated heterocycles. The van der Waals surface area contributed by atoms with Crippen molar-refractivity contribution < 1.29 is 23.8 Å². The van der Waals surface area contributed by atoms with Crippen LogP contribution in [0.5, 0.6) is 17.2 Å². The van der Waals surface area contributed by atoms with Gasteiger partial charge in [0.15, 0.2) is 0 Å². The van der Waals surface area contributed by atoms with E-state index in [1.54, 1.807) is 43.3 Å². The van der Waals surface area contributed by atoms with E-state index in [2.05, 4.69) is 31.1 Å². The molecule has 0 fully saturated rings. The topological polar surface area (TPSA) is 108 Å². The van der Waals surface area contributed by atoms with E-state index in [0.717, 1.165) is 28.1 Å². The predicted molar refractivity (Wildman–Crippen MR) is 171 cm³/mol. The van der Waals surface area contributed by atoms with E-state index in [9.17, 15) is 9.59 Å². The number of amides is 2.